The van der Waals surface area contributed by atoms with E-state index in [1.54, 1.807) is 7.11 Å². The Morgan fingerprint density at radius 2 is 2.05 bits per heavy atom. The highest BCUT2D eigenvalue weighted by atomic mass is 16.5. The molecule has 0 amide bonds. The molecule has 2 rings (SSSR count). The highest BCUT2D eigenvalue weighted by Gasteiger charge is 2.08. The lowest BCUT2D eigenvalue weighted by molar-refractivity contribution is 0.0718. The summed E-state index contributed by atoms with van der Waals surface area (Å²) in [6.07, 6.45) is 1.10. The molecule has 116 valence electrons. The molecule has 0 saturated carbocycles. The summed E-state index contributed by atoms with van der Waals surface area (Å²) in [6, 6.07) is 8.30. The van der Waals surface area contributed by atoms with Crippen LogP contribution in [-0.4, -0.2) is 43.0 Å². The van der Waals surface area contributed by atoms with E-state index in [1.807, 2.05) is 6.07 Å². The largest absolute Gasteiger partial charge is 0.382 e. The highest BCUT2D eigenvalue weighted by Crippen LogP contribution is 2.16. The Morgan fingerprint density at radius 3 is 2.86 bits per heavy atom. The molecule has 1 heterocycles. The summed E-state index contributed by atoms with van der Waals surface area (Å²) in [7, 11) is 1.68. The van der Waals surface area contributed by atoms with Crippen molar-refractivity contribution in [3.05, 3.63) is 30.1 Å². The standard InChI is InChI=1S/C16H25N3O2/c1-3-9-19-15-7-5-4-6-14(15)18-16(19)13-17-8-10-21-12-11-20-2/h4-7,17H,3,8-13H2,1-2H3. The van der Waals surface area contributed by atoms with E-state index in [-0.39, 0.29) is 0 Å². The van der Waals surface area contributed by atoms with Crippen molar-refractivity contribution in [3.8, 4) is 0 Å². The number of para-hydroxylation sites is 2. The van der Waals surface area contributed by atoms with Crippen molar-refractivity contribution >= 4 is 11.0 Å². The molecule has 1 aromatic carbocycles. The first kappa shape index (κ1) is 15.9. The van der Waals surface area contributed by atoms with Gasteiger partial charge >= 0.3 is 0 Å². The maximum Gasteiger partial charge on any atom is 0.123 e. The molecule has 0 unspecified atom stereocenters. The van der Waals surface area contributed by atoms with Crippen molar-refractivity contribution < 1.29 is 9.47 Å². The highest BCUT2D eigenvalue weighted by molar-refractivity contribution is 5.75. The zero-order valence-electron chi connectivity index (χ0n) is 13.0. The van der Waals surface area contributed by atoms with Crippen molar-refractivity contribution in [1.82, 2.24) is 14.9 Å². The summed E-state index contributed by atoms with van der Waals surface area (Å²) in [5.74, 6) is 1.09. The summed E-state index contributed by atoms with van der Waals surface area (Å²) < 4.78 is 12.7. The van der Waals surface area contributed by atoms with Gasteiger partial charge in [0.25, 0.3) is 0 Å². The quantitative estimate of drug-likeness (QED) is 0.682. The van der Waals surface area contributed by atoms with Crippen molar-refractivity contribution in [1.29, 1.82) is 0 Å². The van der Waals surface area contributed by atoms with E-state index < -0.39 is 0 Å². The van der Waals surface area contributed by atoms with Crippen molar-refractivity contribution in [3.63, 3.8) is 0 Å². The van der Waals surface area contributed by atoms with Crippen LogP contribution in [0.25, 0.3) is 11.0 Å². The topological polar surface area (TPSA) is 48.3 Å². The number of fused-ring (bicyclic) bond motifs is 1. The number of hydrogen-bond acceptors (Lipinski definition) is 4. The van der Waals surface area contributed by atoms with E-state index in [0.29, 0.717) is 19.8 Å². The third-order valence-corrected chi connectivity index (χ3v) is 3.32. The number of nitrogens with zero attached hydrogens (tertiary/aromatic N) is 2. The van der Waals surface area contributed by atoms with Gasteiger partial charge in [0.2, 0.25) is 0 Å². The molecule has 0 atom stereocenters. The molecule has 21 heavy (non-hydrogen) atoms. The molecule has 0 aliphatic heterocycles. The number of nitrogens with one attached hydrogen (secondary N) is 1. The summed E-state index contributed by atoms with van der Waals surface area (Å²) >= 11 is 0. The minimum Gasteiger partial charge on any atom is -0.382 e. The van der Waals surface area contributed by atoms with Gasteiger partial charge in [-0.05, 0) is 18.6 Å². The van der Waals surface area contributed by atoms with Gasteiger partial charge < -0.3 is 19.4 Å². The predicted molar refractivity (Wildman–Crippen MR) is 84.4 cm³/mol. The molecule has 0 saturated heterocycles. The number of hydrogen-bond donors (Lipinski definition) is 1. The van der Waals surface area contributed by atoms with Gasteiger partial charge in [-0.3, -0.25) is 0 Å². The molecule has 0 spiro atoms. The number of benzene rings is 1. The number of rotatable bonds is 10. The van der Waals surface area contributed by atoms with Gasteiger partial charge in [0.05, 0.1) is 37.4 Å². The average molecular weight is 291 g/mol. The Kier molecular flexibility index (Phi) is 6.66. The molecule has 1 N–H and O–H groups in total. The van der Waals surface area contributed by atoms with Crippen molar-refractivity contribution in [2.24, 2.45) is 0 Å². The Hall–Kier alpha value is -1.43. The van der Waals surface area contributed by atoms with E-state index in [0.717, 1.165) is 37.4 Å². The minimum absolute atomic E-state index is 0.645. The minimum atomic E-state index is 0.645. The van der Waals surface area contributed by atoms with Gasteiger partial charge in [-0.2, -0.15) is 0 Å². The van der Waals surface area contributed by atoms with Gasteiger partial charge in [-0.15, -0.1) is 0 Å². The number of aromatic nitrogens is 2. The summed E-state index contributed by atoms with van der Waals surface area (Å²) in [6.45, 7) is 6.76. The Balaban J connectivity index is 1.87. The zero-order valence-corrected chi connectivity index (χ0v) is 13.0. The zero-order chi connectivity index (χ0) is 14.9. The maximum absolute atomic E-state index is 5.43. The lowest BCUT2D eigenvalue weighted by Crippen LogP contribution is -2.22. The number of ether oxygens (including phenoxy) is 2. The maximum atomic E-state index is 5.43. The Labute approximate surface area is 126 Å². The number of methoxy groups -OCH3 is 1. The fraction of sp³-hybridized carbons (Fsp3) is 0.562. The fourth-order valence-electron chi connectivity index (χ4n) is 2.32. The lowest BCUT2D eigenvalue weighted by Gasteiger charge is -2.09. The van der Waals surface area contributed by atoms with Crippen LogP contribution in [0.15, 0.2) is 24.3 Å². The van der Waals surface area contributed by atoms with Crippen LogP contribution in [-0.2, 0) is 22.6 Å². The van der Waals surface area contributed by atoms with E-state index in [1.165, 1.54) is 5.52 Å². The van der Waals surface area contributed by atoms with Crippen LogP contribution in [0.4, 0.5) is 0 Å². The van der Waals surface area contributed by atoms with Crippen LogP contribution >= 0.6 is 0 Å². The van der Waals surface area contributed by atoms with E-state index in [2.05, 4.69) is 35.0 Å². The fourth-order valence-corrected chi connectivity index (χ4v) is 2.32. The van der Waals surface area contributed by atoms with Gasteiger partial charge in [0.1, 0.15) is 5.82 Å². The van der Waals surface area contributed by atoms with E-state index >= 15 is 0 Å². The average Bonchev–Trinajstić information content (AvgIpc) is 2.85. The normalized spacial score (nSPS) is 11.3. The molecule has 0 fully saturated rings. The SMILES string of the molecule is CCCn1c(CNCCOCCOC)nc2ccccc21. The molecule has 0 aliphatic carbocycles. The van der Waals surface area contributed by atoms with E-state index in [4.69, 9.17) is 14.5 Å². The second kappa shape index (κ2) is 8.77. The second-order valence-corrected chi connectivity index (χ2v) is 4.95. The molecule has 5 nitrogen and oxygen atoms in total. The third kappa shape index (κ3) is 4.52. The van der Waals surface area contributed by atoms with Gasteiger partial charge in [-0.25, -0.2) is 4.98 Å². The van der Waals surface area contributed by atoms with Gasteiger partial charge in [-0.1, -0.05) is 19.1 Å². The molecule has 0 radical (unpaired) electrons. The monoisotopic (exact) mass is 291 g/mol. The molecule has 1 aromatic heterocycles. The predicted octanol–water partition coefficient (Wildman–Crippen LogP) is 2.20. The van der Waals surface area contributed by atoms with Gasteiger partial charge in [0.15, 0.2) is 0 Å². The van der Waals surface area contributed by atoms with Crippen LogP contribution in [0, 0.1) is 0 Å². The first-order valence-corrected chi connectivity index (χ1v) is 7.58. The molecular weight excluding hydrogens is 266 g/mol. The molecule has 0 bridgehead atoms. The Bertz CT molecular complexity index is 539. The number of aryl methyl sites for hydroxylation is 1. The first-order chi connectivity index (χ1) is 10.4. The van der Waals surface area contributed by atoms with Crippen LogP contribution in [0.1, 0.15) is 19.2 Å². The third-order valence-electron chi connectivity index (χ3n) is 3.32. The Morgan fingerprint density at radius 1 is 1.19 bits per heavy atom. The smallest absolute Gasteiger partial charge is 0.123 e. The summed E-state index contributed by atoms with van der Waals surface area (Å²) in [4.78, 5) is 4.72. The molecule has 2 aromatic rings. The molecule has 5 heteroatoms. The lowest BCUT2D eigenvalue weighted by atomic mass is 10.3. The summed E-state index contributed by atoms with van der Waals surface area (Å²) in [5, 5.41) is 3.39. The molecule has 0 aliphatic rings. The van der Waals surface area contributed by atoms with Crippen LogP contribution < -0.4 is 5.32 Å². The van der Waals surface area contributed by atoms with Gasteiger partial charge in [0, 0.05) is 20.2 Å². The number of imidazole rings is 1. The van der Waals surface area contributed by atoms with Crippen molar-refractivity contribution in [2.75, 3.05) is 33.5 Å². The van der Waals surface area contributed by atoms with Crippen LogP contribution in [0.3, 0.4) is 0 Å². The van der Waals surface area contributed by atoms with Crippen LogP contribution in [0.2, 0.25) is 0 Å². The van der Waals surface area contributed by atoms with Crippen LogP contribution in [0.5, 0.6) is 0 Å². The first-order valence-electron chi connectivity index (χ1n) is 7.58. The summed E-state index contributed by atoms with van der Waals surface area (Å²) in [5.41, 5.74) is 2.28. The van der Waals surface area contributed by atoms with E-state index in [9.17, 15) is 0 Å². The second-order valence-electron chi connectivity index (χ2n) is 4.95. The molecular formula is C16H25N3O2. The van der Waals surface area contributed by atoms with Crippen molar-refractivity contribution in [2.45, 2.75) is 26.4 Å².